The molecule has 0 aliphatic rings. The second kappa shape index (κ2) is 9.60. The third-order valence-corrected chi connectivity index (χ3v) is 4.80. The van der Waals surface area contributed by atoms with Crippen molar-refractivity contribution in [2.24, 2.45) is 0 Å². The van der Waals surface area contributed by atoms with Crippen LogP contribution in [0.4, 0.5) is 13.2 Å². The number of carbonyl (C=O) groups is 1. The summed E-state index contributed by atoms with van der Waals surface area (Å²) in [6, 6.07) is 15.5. The highest BCUT2D eigenvalue weighted by atomic mass is 19.3. The smallest absolute Gasteiger partial charge is 0.329 e. The fourth-order valence-corrected chi connectivity index (χ4v) is 3.23. The monoisotopic (exact) mass is 442 g/mol. The van der Waals surface area contributed by atoms with Crippen LogP contribution >= 0.6 is 0 Å². The minimum absolute atomic E-state index is 0.0883. The lowest BCUT2D eigenvalue weighted by Crippen LogP contribution is -2.26. The zero-order chi connectivity index (χ0) is 23.3. The van der Waals surface area contributed by atoms with Gasteiger partial charge in [-0.1, -0.05) is 30.3 Å². The Morgan fingerprint density at radius 1 is 0.781 bits per heavy atom. The fraction of sp³-hybridized carbons (Fsp3) is 0.160. The Balaban J connectivity index is 2.18. The van der Waals surface area contributed by atoms with E-state index in [1.54, 1.807) is 30.3 Å². The van der Waals surface area contributed by atoms with E-state index >= 15 is 8.78 Å². The lowest BCUT2D eigenvalue weighted by atomic mass is 9.93. The van der Waals surface area contributed by atoms with Gasteiger partial charge in [0.1, 0.15) is 5.82 Å². The maximum Gasteiger partial charge on any atom is 0.329 e. The van der Waals surface area contributed by atoms with Crippen molar-refractivity contribution in [2.45, 2.75) is 5.92 Å². The van der Waals surface area contributed by atoms with Crippen LogP contribution in [0.3, 0.4) is 0 Å². The van der Waals surface area contributed by atoms with Gasteiger partial charge in [-0.3, -0.25) is 4.79 Å². The van der Waals surface area contributed by atoms with Gasteiger partial charge in [-0.2, -0.15) is 8.78 Å². The van der Waals surface area contributed by atoms with Gasteiger partial charge in [0, 0.05) is 11.6 Å². The number of Topliss-reactive ketones (excluding diaryl/α,β-unsaturated/α-hetero) is 1. The Hall–Kier alpha value is -3.74. The maximum atomic E-state index is 15.1. The van der Waals surface area contributed by atoms with Gasteiger partial charge in [0.25, 0.3) is 0 Å². The predicted molar refractivity (Wildman–Crippen MR) is 115 cm³/mol. The molecule has 0 heterocycles. The number of ketones is 1. The molecule has 0 fully saturated rings. The van der Waals surface area contributed by atoms with Crippen LogP contribution in [0.25, 0.3) is 5.57 Å². The lowest BCUT2D eigenvalue weighted by molar-refractivity contribution is 0.0384. The van der Waals surface area contributed by atoms with E-state index in [1.165, 1.54) is 33.5 Å². The first kappa shape index (κ1) is 22.9. The van der Waals surface area contributed by atoms with Gasteiger partial charge in [0.05, 0.1) is 21.3 Å². The molecule has 0 unspecified atom stereocenters. The van der Waals surface area contributed by atoms with E-state index in [0.29, 0.717) is 23.0 Å². The van der Waals surface area contributed by atoms with E-state index in [4.69, 9.17) is 14.2 Å². The number of hydrogen-bond donors (Lipinski definition) is 0. The van der Waals surface area contributed by atoms with E-state index in [2.05, 4.69) is 0 Å². The van der Waals surface area contributed by atoms with Gasteiger partial charge in [0.15, 0.2) is 11.5 Å². The highest BCUT2D eigenvalue weighted by Gasteiger charge is 2.38. The van der Waals surface area contributed by atoms with Gasteiger partial charge in [0.2, 0.25) is 11.5 Å². The molecule has 3 aromatic rings. The van der Waals surface area contributed by atoms with Crippen molar-refractivity contribution in [3.63, 3.8) is 0 Å². The Kier molecular flexibility index (Phi) is 6.88. The molecular formula is C25H21F3O4. The number of halogens is 3. The lowest BCUT2D eigenvalue weighted by Gasteiger charge is -2.18. The normalized spacial score (nSPS) is 11.8. The molecule has 0 saturated heterocycles. The third-order valence-electron chi connectivity index (χ3n) is 4.80. The van der Waals surface area contributed by atoms with Crippen LogP contribution in [0.5, 0.6) is 17.2 Å². The van der Waals surface area contributed by atoms with Crippen molar-refractivity contribution < 1.29 is 32.2 Å². The van der Waals surface area contributed by atoms with Gasteiger partial charge >= 0.3 is 5.92 Å². The summed E-state index contributed by atoms with van der Waals surface area (Å²) in [5, 5.41) is 0. The number of ether oxygens (including phenoxy) is 3. The molecule has 0 aliphatic carbocycles. The molecule has 0 amide bonds. The summed E-state index contributed by atoms with van der Waals surface area (Å²) >= 11 is 0. The first-order valence-electron chi connectivity index (χ1n) is 9.57. The summed E-state index contributed by atoms with van der Waals surface area (Å²) < 4.78 is 59.4. The van der Waals surface area contributed by atoms with Gasteiger partial charge < -0.3 is 14.2 Å². The van der Waals surface area contributed by atoms with Crippen molar-refractivity contribution in [2.75, 3.05) is 21.3 Å². The topological polar surface area (TPSA) is 44.8 Å². The van der Waals surface area contributed by atoms with Crippen LogP contribution < -0.4 is 14.2 Å². The number of benzene rings is 3. The second-order valence-corrected chi connectivity index (χ2v) is 6.80. The molecule has 0 atom stereocenters. The number of hydrogen-bond acceptors (Lipinski definition) is 4. The minimum atomic E-state index is -3.87. The molecule has 7 heteroatoms. The number of alkyl halides is 2. The highest BCUT2D eigenvalue weighted by molar-refractivity contribution is 6.04. The average molecular weight is 442 g/mol. The van der Waals surface area contributed by atoms with Crippen molar-refractivity contribution in [1.29, 1.82) is 0 Å². The molecule has 3 rings (SSSR count). The van der Waals surface area contributed by atoms with Crippen molar-refractivity contribution in [3.05, 3.63) is 95.3 Å². The molecule has 0 radical (unpaired) electrons. The standard InChI is InChI=1S/C25H21F3O4/c1-30-21-13-18(14-22(31-2)23(21)32-3)20(16-7-5-4-6-8-16)15-25(27,28)24(29)17-9-11-19(26)12-10-17/h4-15H,1-3H3/b20-15-. The molecule has 0 spiro atoms. The van der Waals surface area contributed by atoms with Crippen molar-refractivity contribution in [1.82, 2.24) is 0 Å². The first-order valence-corrected chi connectivity index (χ1v) is 9.57. The molecular weight excluding hydrogens is 421 g/mol. The molecule has 0 saturated carbocycles. The van der Waals surface area contributed by atoms with Crippen LogP contribution in [-0.4, -0.2) is 33.0 Å². The average Bonchev–Trinajstić information content (AvgIpc) is 2.82. The van der Waals surface area contributed by atoms with Gasteiger partial charge in [-0.15, -0.1) is 0 Å². The Labute approximate surface area is 183 Å². The Morgan fingerprint density at radius 3 is 1.84 bits per heavy atom. The van der Waals surface area contributed by atoms with Crippen LogP contribution in [0.2, 0.25) is 0 Å². The molecule has 4 nitrogen and oxygen atoms in total. The van der Waals surface area contributed by atoms with Gasteiger partial charge in [-0.05, 0) is 53.1 Å². The van der Waals surface area contributed by atoms with E-state index in [-0.39, 0.29) is 22.6 Å². The predicted octanol–water partition coefficient (Wildman–Crippen LogP) is 5.80. The molecule has 0 aliphatic heterocycles. The second-order valence-electron chi connectivity index (χ2n) is 6.80. The third kappa shape index (κ3) is 4.77. The number of allylic oxidation sites excluding steroid dienone is 1. The largest absolute Gasteiger partial charge is 0.493 e. The van der Waals surface area contributed by atoms with Crippen molar-refractivity contribution >= 4 is 11.4 Å². The van der Waals surface area contributed by atoms with E-state index in [1.807, 2.05) is 0 Å². The van der Waals surface area contributed by atoms with E-state index in [9.17, 15) is 9.18 Å². The number of methoxy groups -OCH3 is 3. The van der Waals surface area contributed by atoms with E-state index < -0.39 is 17.5 Å². The highest BCUT2D eigenvalue weighted by Crippen LogP contribution is 2.42. The zero-order valence-corrected chi connectivity index (χ0v) is 17.7. The summed E-state index contributed by atoms with van der Waals surface area (Å²) in [7, 11) is 4.27. The summed E-state index contributed by atoms with van der Waals surface area (Å²) in [5.41, 5.74) is 0.570. The SMILES string of the molecule is COc1cc(/C(=C\C(F)(F)C(=O)c2ccc(F)cc2)c2ccccc2)cc(OC)c1OC. The molecule has 3 aromatic carbocycles. The quantitative estimate of drug-likeness (QED) is 0.414. The van der Waals surface area contributed by atoms with Gasteiger partial charge in [-0.25, -0.2) is 4.39 Å². The summed E-state index contributed by atoms with van der Waals surface area (Å²) in [4.78, 5) is 12.5. The fourth-order valence-electron chi connectivity index (χ4n) is 3.23. The van der Waals surface area contributed by atoms with E-state index in [0.717, 1.165) is 24.3 Å². The molecule has 0 N–H and O–H groups in total. The first-order chi connectivity index (χ1) is 15.3. The Morgan fingerprint density at radius 2 is 1.34 bits per heavy atom. The van der Waals surface area contributed by atoms with Crippen LogP contribution in [0, 0.1) is 5.82 Å². The maximum absolute atomic E-state index is 15.1. The molecule has 0 aromatic heterocycles. The molecule has 0 bridgehead atoms. The number of carbonyl (C=O) groups excluding carboxylic acids is 1. The molecule has 166 valence electrons. The van der Waals surface area contributed by atoms with Crippen LogP contribution in [-0.2, 0) is 0 Å². The Bertz CT molecular complexity index is 1100. The van der Waals surface area contributed by atoms with Crippen LogP contribution in [0.1, 0.15) is 21.5 Å². The van der Waals surface area contributed by atoms with Crippen LogP contribution in [0.15, 0.2) is 72.8 Å². The summed E-state index contributed by atoms with van der Waals surface area (Å²) in [5.74, 6) is -5.08. The summed E-state index contributed by atoms with van der Waals surface area (Å²) in [6.45, 7) is 0. The number of rotatable bonds is 8. The molecule has 32 heavy (non-hydrogen) atoms. The summed E-state index contributed by atoms with van der Waals surface area (Å²) in [6.07, 6.45) is 0.592. The zero-order valence-electron chi connectivity index (χ0n) is 17.7. The minimum Gasteiger partial charge on any atom is -0.493 e. The van der Waals surface area contributed by atoms with Crippen molar-refractivity contribution in [3.8, 4) is 17.2 Å².